The number of anilines is 1. The zero-order chi connectivity index (χ0) is 22.0. The van der Waals surface area contributed by atoms with E-state index in [9.17, 15) is 0 Å². The number of rotatable bonds is 5. The summed E-state index contributed by atoms with van der Waals surface area (Å²) >= 11 is 0. The Bertz CT molecular complexity index is 1300. The van der Waals surface area contributed by atoms with Crippen molar-refractivity contribution in [2.45, 2.75) is 39.7 Å². The molecule has 2 fully saturated rings. The Labute approximate surface area is 187 Å². The molecule has 1 saturated carbocycles. The average Bonchev–Trinajstić information content (AvgIpc) is 3.25. The number of nitrogens with zero attached hydrogens (tertiary/aromatic N) is 7. The van der Waals surface area contributed by atoms with Gasteiger partial charge in [-0.25, -0.2) is 19.5 Å². The van der Waals surface area contributed by atoms with Crippen molar-refractivity contribution in [3.8, 4) is 11.3 Å². The Morgan fingerprint density at radius 2 is 1.97 bits per heavy atom. The third-order valence-electron chi connectivity index (χ3n) is 7.07. The summed E-state index contributed by atoms with van der Waals surface area (Å²) < 4.78 is 3.92. The number of aryl methyl sites for hydroxylation is 2. The van der Waals surface area contributed by atoms with Crippen LogP contribution in [0, 0.1) is 18.3 Å². The van der Waals surface area contributed by atoms with Crippen LogP contribution in [0.1, 0.15) is 32.5 Å². The fourth-order valence-electron chi connectivity index (χ4n) is 5.59. The van der Waals surface area contributed by atoms with Crippen LogP contribution in [-0.2, 0) is 7.05 Å². The molecule has 1 N–H and O–H groups in total. The number of pyridine rings is 1. The summed E-state index contributed by atoms with van der Waals surface area (Å²) in [7, 11) is 2.00. The molecule has 0 aromatic carbocycles. The Morgan fingerprint density at radius 1 is 1.16 bits per heavy atom. The lowest BCUT2D eigenvalue weighted by molar-refractivity contribution is -0.0711. The molecule has 0 unspecified atom stereocenters. The SMILES string of the molecule is Cc1nc2ccc(-c3ccn4nc(NC5CC6(C5)CN(CC(C)C)C6)ncc34)nc2n1C. The maximum Gasteiger partial charge on any atom is 0.241 e. The Hall–Kier alpha value is -3.00. The molecule has 0 atom stereocenters. The molecule has 0 bridgehead atoms. The van der Waals surface area contributed by atoms with Crippen molar-refractivity contribution in [1.82, 2.24) is 34.0 Å². The average molecular weight is 431 g/mol. The lowest BCUT2D eigenvalue weighted by atomic mass is 9.60. The van der Waals surface area contributed by atoms with E-state index in [0.29, 0.717) is 17.4 Å². The van der Waals surface area contributed by atoms with Crippen molar-refractivity contribution in [2.24, 2.45) is 18.4 Å². The maximum atomic E-state index is 4.85. The van der Waals surface area contributed by atoms with E-state index in [-0.39, 0.29) is 0 Å². The van der Waals surface area contributed by atoms with Crippen molar-refractivity contribution >= 4 is 22.6 Å². The van der Waals surface area contributed by atoms with Gasteiger partial charge in [0.25, 0.3) is 0 Å². The minimum Gasteiger partial charge on any atom is -0.350 e. The van der Waals surface area contributed by atoms with E-state index in [1.807, 2.05) is 47.6 Å². The molecule has 6 rings (SSSR count). The second-order valence-corrected chi connectivity index (χ2v) is 10.2. The van der Waals surface area contributed by atoms with Gasteiger partial charge < -0.3 is 14.8 Å². The van der Waals surface area contributed by atoms with Crippen LogP contribution in [0.4, 0.5) is 5.95 Å². The smallest absolute Gasteiger partial charge is 0.241 e. The molecule has 8 heteroatoms. The molecular weight excluding hydrogens is 400 g/mol. The lowest BCUT2D eigenvalue weighted by Gasteiger charge is -2.59. The fourth-order valence-corrected chi connectivity index (χ4v) is 5.59. The molecule has 2 aliphatic rings. The lowest BCUT2D eigenvalue weighted by Crippen LogP contribution is -2.65. The molecule has 1 aliphatic carbocycles. The largest absolute Gasteiger partial charge is 0.350 e. The van der Waals surface area contributed by atoms with Crippen LogP contribution in [0.15, 0.2) is 30.6 Å². The van der Waals surface area contributed by atoms with Crippen LogP contribution >= 0.6 is 0 Å². The van der Waals surface area contributed by atoms with Crippen LogP contribution in [0.3, 0.4) is 0 Å². The molecule has 1 aliphatic heterocycles. The highest BCUT2D eigenvalue weighted by atomic mass is 15.3. The molecule has 1 saturated heterocycles. The molecule has 8 nitrogen and oxygen atoms in total. The van der Waals surface area contributed by atoms with E-state index in [4.69, 9.17) is 10.1 Å². The van der Waals surface area contributed by atoms with E-state index < -0.39 is 0 Å². The summed E-state index contributed by atoms with van der Waals surface area (Å²) in [6.07, 6.45) is 6.31. The van der Waals surface area contributed by atoms with Gasteiger partial charge in [0.15, 0.2) is 5.65 Å². The van der Waals surface area contributed by atoms with Crippen molar-refractivity contribution in [1.29, 1.82) is 0 Å². The zero-order valence-corrected chi connectivity index (χ0v) is 19.2. The number of likely N-dealkylation sites (tertiary alicyclic amines) is 1. The van der Waals surface area contributed by atoms with Crippen LogP contribution in [0.2, 0.25) is 0 Å². The normalized spacial score (nSPS) is 18.5. The Balaban J connectivity index is 1.17. The summed E-state index contributed by atoms with van der Waals surface area (Å²) in [5.74, 6) is 2.40. The third-order valence-corrected chi connectivity index (χ3v) is 7.07. The quantitative estimate of drug-likeness (QED) is 0.522. The molecule has 0 amide bonds. The fraction of sp³-hybridized carbons (Fsp3) is 0.500. The van der Waals surface area contributed by atoms with Crippen LogP contribution in [0.25, 0.3) is 27.9 Å². The van der Waals surface area contributed by atoms with Crippen molar-refractivity contribution in [3.63, 3.8) is 0 Å². The number of nitrogens with one attached hydrogen (secondary N) is 1. The van der Waals surface area contributed by atoms with Gasteiger partial charge in [-0.2, -0.15) is 0 Å². The van der Waals surface area contributed by atoms with Gasteiger partial charge in [-0.15, -0.1) is 5.10 Å². The van der Waals surface area contributed by atoms with Gasteiger partial charge in [-0.05, 0) is 49.3 Å². The molecule has 4 aromatic rings. The summed E-state index contributed by atoms with van der Waals surface area (Å²) in [4.78, 5) is 16.6. The zero-order valence-electron chi connectivity index (χ0n) is 19.2. The summed E-state index contributed by atoms with van der Waals surface area (Å²) in [5.41, 5.74) is 5.22. The van der Waals surface area contributed by atoms with Gasteiger partial charge in [0.2, 0.25) is 5.95 Å². The maximum absolute atomic E-state index is 4.85. The Morgan fingerprint density at radius 3 is 2.75 bits per heavy atom. The molecule has 0 radical (unpaired) electrons. The number of hydrogen-bond acceptors (Lipinski definition) is 6. The minimum atomic E-state index is 0.473. The predicted molar refractivity (Wildman–Crippen MR) is 126 cm³/mol. The van der Waals surface area contributed by atoms with E-state index in [1.165, 1.54) is 32.5 Å². The van der Waals surface area contributed by atoms with Gasteiger partial charge in [0.05, 0.1) is 17.4 Å². The summed E-state index contributed by atoms with van der Waals surface area (Å²) in [6.45, 7) is 10.3. The standard InChI is InChI=1S/C24H30N8/c1-15(2)12-31-13-24(14-31)9-17(10-24)27-23-25-11-21-18(7-8-32(21)29-23)19-5-6-20-22(28-19)30(4)16(3)26-20/h5-8,11,15,17H,9-10,12-14H2,1-4H3,(H,27,29). The third kappa shape index (κ3) is 3.16. The number of hydrogen-bond donors (Lipinski definition) is 1. The first-order chi connectivity index (χ1) is 15.4. The topological polar surface area (TPSA) is 76.2 Å². The van der Waals surface area contributed by atoms with Crippen LogP contribution in [0.5, 0.6) is 0 Å². The molecule has 32 heavy (non-hydrogen) atoms. The molecule has 5 heterocycles. The molecular formula is C24H30N8. The minimum absolute atomic E-state index is 0.473. The first-order valence-electron chi connectivity index (χ1n) is 11.5. The van der Waals surface area contributed by atoms with Gasteiger partial charge in [0, 0.05) is 44.5 Å². The van der Waals surface area contributed by atoms with Gasteiger partial charge in [-0.3, -0.25) is 0 Å². The first kappa shape index (κ1) is 19.7. The van der Waals surface area contributed by atoms with Crippen molar-refractivity contribution < 1.29 is 0 Å². The van der Waals surface area contributed by atoms with Crippen LogP contribution < -0.4 is 5.32 Å². The van der Waals surface area contributed by atoms with Gasteiger partial charge in [0.1, 0.15) is 11.3 Å². The van der Waals surface area contributed by atoms with Crippen molar-refractivity contribution in [2.75, 3.05) is 25.0 Å². The number of imidazole rings is 1. The summed E-state index contributed by atoms with van der Waals surface area (Å²) in [5, 5.41) is 8.26. The second kappa shape index (κ2) is 7.00. The molecule has 4 aromatic heterocycles. The molecule has 166 valence electrons. The second-order valence-electron chi connectivity index (χ2n) is 10.2. The van der Waals surface area contributed by atoms with E-state index >= 15 is 0 Å². The van der Waals surface area contributed by atoms with Gasteiger partial charge in [-0.1, -0.05) is 13.8 Å². The number of aromatic nitrogens is 6. The van der Waals surface area contributed by atoms with E-state index in [1.54, 1.807) is 0 Å². The molecule has 1 spiro atoms. The Kier molecular flexibility index (Phi) is 4.30. The number of fused-ring (bicyclic) bond motifs is 2. The highest BCUT2D eigenvalue weighted by molar-refractivity contribution is 5.82. The monoisotopic (exact) mass is 430 g/mol. The van der Waals surface area contributed by atoms with E-state index in [0.717, 1.165) is 39.7 Å². The highest BCUT2D eigenvalue weighted by Gasteiger charge is 2.52. The predicted octanol–water partition coefficient (Wildman–Crippen LogP) is 3.52. The van der Waals surface area contributed by atoms with Gasteiger partial charge >= 0.3 is 0 Å². The first-order valence-corrected chi connectivity index (χ1v) is 11.5. The highest BCUT2D eigenvalue weighted by Crippen LogP contribution is 2.49. The van der Waals surface area contributed by atoms with Crippen molar-refractivity contribution in [3.05, 3.63) is 36.4 Å². The summed E-state index contributed by atoms with van der Waals surface area (Å²) in [6, 6.07) is 6.58. The van der Waals surface area contributed by atoms with Crippen LogP contribution in [-0.4, -0.2) is 59.7 Å². The van der Waals surface area contributed by atoms with E-state index in [2.05, 4.69) is 40.1 Å².